The van der Waals surface area contributed by atoms with E-state index in [4.69, 9.17) is 9.15 Å². The number of fused-ring (bicyclic) bond motifs is 3. The van der Waals surface area contributed by atoms with Crippen molar-refractivity contribution in [2.75, 3.05) is 24.6 Å². The van der Waals surface area contributed by atoms with Crippen molar-refractivity contribution in [3.63, 3.8) is 0 Å². The van der Waals surface area contributed by atoms with Gasteiger partial charge in [-0.05, 0) is 43.4 Å². The van der Waals surface area contributed by atoms with Crippen molar-refractivity contribution < 1.29 is 37.4 Å². The zero-order valence-corrected chi connectivity index (χ0v) is 18.6. The summed E-state index contributed by atoms with van der Waals surface area (Å²) in [6.07, 6.45) is -2.43. The highest BCUT2D eigenvalue weighted by atomic mass is 32.1. The number of benzene rings is 1. The van der Waals surface area contributed by atoms with Crippen molar-refractivity contribution >= 4 is 40.7 Å². The molecular formula is C20H19F2N5O6S. The van der Waals surface area contributed by atoms with Gasteiger partial charge in [0, 0.05) is 13.1 Å². The maximum absolute atomic E-state index is 14.3. The van der Waals surface area contributed by atoms with E-state index in [-0.39, 0.29) is 41.6 Å². The van der Waals surface area contributed by atoms with Gasteiger partial charge in [0.05, 0.1) is 24.3 Å². The number of nitrogens with zero attached hydrogens (tertiary/aromatic N) is 5. The quantitative estimate of drug-likeness (QED) is 0.509. The van der Waals surface area contributed by atoms with Crippen LogP contribution in [0.4, 0.5) is 19.6 Å². The number of aromatic nitrogens is 3. The first-order valence-corrected chi connectivity index (χ1v) is 11.3. The Labute approximate surface area is 195 Å². The third-order valence-electron chi connectivity index (χ3n) is 5.81. The van der Waals surface area contributed by atoms with Crippen molar-refractivity contribution in [2.24, 2.45) is 0 Å². The van der Waals surface area contributed by atoms with Gasteiger partial charge in [-0.25, -0.2) is 14.6 Å². The predicted molar refractivity (Wildman–Crippen MR) is 114 cm³/mol. The molecule has 34 heavy (non-hydrogen) atoms. The number of anilines is 1. The third kappa shape index (κ3) is 3.77. The highest BCUT2D eigenvalue weighted by molar-refractivity contribution is 7.09. The summed E-state index contributed by atoms with van der Waals surface area (Å²) in [6, 6.07) is 2.42. The van der Waals surface area contributed by atoms with Gasteiger partial charge in [0.2, 0.25) is 0 Å². The van der Waals surface area contributed by atoms with E-state index in [9.17, 15) is 23.5 Å². The van der Waals surface area contributed by atoms with Crippen LogP contribution in [0.2, 0.25) is 0 Å². The number of piperazine rings is 1. The smallest absolute Gasteiger partial charge is 0.465 e. The van der Waals surface area contributed by atoms with Crippen molar-refractivity contribution in [2.45, 2.75) is 38.0 Å². The molecule has 2 bridgehead atoms. The number of carbonyl (C=O) groups is 2. The number of carboxylic acid groups (broad SMARTS) is 1. The van der Waals surface area contributed by atoms with E-state index in [2.05, 4.69) is 19.1 Å². The summed E-state index contributed by atoms with van der Waals surface area (Å²) < 4.78 is 47.8. The molecule has 2 unspecified atom stereocenters. The molecule has 0 radical (unpaired) electrons. The SMILES string of the molecule is CCOC(=O)C(F)(F)Oc1ccc(-c2ncns2)c2oc(N3CC4CCC(C3)N4C(=O)O)nc12. The Kier molecular flexibility index (Phi) is 5.46. The van der Waals surface area contributed by atoms with E-state index in [0.717, 1.165) is 11.5 Å². The zero-order valence-electron chi connectivity index (χ0n) is 17.8. The number of amides is 1. The summed E-state index contributed by atoms with van der Waals surface area (Å²) in [7, 11) is 0. The Morgan fingerprint density at radius 1 is 1.29 bits per heavy atom. The number of rotatable bonds is 6. The molecule has 2 aliphatic heterocycles. The van der Waals surface area contributed by atoms with Gasteiger partial charge >= 0.3 is 18.2 Å². The van der Waals surface area contributed by atoms with E-state index in [1.807, 2.05) is 0 Å². The van der Waals surface area contributed by atoms with Gasteiger partial charge < -0.3 is 23.9 Å². The van der Waals surface area contributed by atoms with Crippen LogP contribution in [-0.2, 0) is 9.53 Å². The molecule has 2 aromatic heterocycles. The monoisotopic (exact) mass is 495 g/mol. The van der Waals surface area contributed by atoms with Gasteiger partial charge in [-0.15, -0.1) is 0 Å². The number of oxazole rings is 1. The van der Waals surface area contributed by atoms with Crippen LogP contribution in [0.15, 0.2) is 22.9 Å². The molecule has 2 aliphatic rings. The molecule has 1 aromatic carbocycles. The van der Waals surface area contributed by atoms with Crippen molar-refractivity contribution in [1.82, 2.24) is 19.2 Å². The van der Waals surface area contributed by atoms with Gasteiger partial charge in [0.25, 0.3) is 6.01 Å². The summed E-state index contributed by atoms with van der Waals surface area (Å²) >= 11 is 1.08. The maximum Gasteiger partial charge on any atom is 0.502 e. The Morgan fingerprint density at radius 2 is 2.03 bits per heavy atom. The summed E-state index contributed by atoms with van der Waals surface area (Å²) in [5.41, 5.74) is 0.576. The lowest BCUT2D eigenvalue weighted by Gasteiger charge is -2.38. The average Bonchev–Trinajstić information content (AvgIpc) is 3.52. The van der Waals surface area contributed by atoms with E-state index in [1.54, 1.807) is 4.90 Å². The van der Waals surface area contributed by atoms with Gasteiger partial charge in [-0.1, -0.05) is 0 Å². The summed E-state index contributed by atoms with van der Waals surface area (Å²) in [4.78, 5) is 35.0. The third-order valence-corrected chi connectivity index (χ3v) is 6.51. The molecule has 5 rings (SSSR count). The standard InChI is InChI=1S/C20H19F2N5O6S/c1-2-31-17(28)20(21,22)33-13-6-5-12(16-23-9-24-34-16)15-14(13)25-18(32-15)26-7-10-3-4-11(8-26)27(10)19(29)30/h5-6,9-11H,2-4,7-8H2,1H3,(H,29,30). The molecule has 0 saturated carbocycles. The van der Waals surface area contributed by atoms with Crippen LogP contribution in [-0.4, -0.2) is 74.3 Å². The van der Waals surface area contributed by atoms with Crippen LogP contribution in [0, 0.1) is 0 Å². The molecule has 14 heteroatoms. The Balaban J connectivity index is 1.54. The number of halogens is 2. The molecule has 11 nitrogen and oxygen atoms in total. The van der Waals surface area contributed by atoms with Crippen LogP contribution in [0.3, 0.4) is 0 Å². The first-order chi connectivity index (χ1) is 16.3. The van der Waals surface area contributed by atoms with Crippen molar-refractivity contribution in [3.05, 3.63) is 18.5 Å². The number of esters is 1. The lowest BCUT2D eigenvalue weighted by atomic mass is 10.2. The van der Waals surface area contributed by atoms with Crippen LogP contribution in [0.5, 0.6) is 5.75 Å². The summed E-state index contributed by atoms with van der Waals surface area (Å²) in [5, 5.41) is 9.97. The van der Waals surface area contributed by atoms with E-state index in [0.29, 0.717) is 36.5 Å². The molecule has 0 spiro atoms. The first kappa shape index (κ1) is 22.3. The van der Waals surface area contributed by atoms with E-state index in [1.165, 1.54) is 30.3 Å². The fourth-order valence-corrected chi connectivity index (χ4v) is 4.96. The van der Waals surface area contributed by atoms with Gasteiger partial charge in [0.1, 0.15) is 11.3 Å². The van der Waals surface area contributed by atoms with Crippen molar-refractivity contribution in [3.8, 4) is 16.3 Å². The highest BCUT2D eigenvalue weighted by Crippen LogP contribution is 2.40. The molecule has 2 saturated heterocycles. The number of hydrogen-bond acceptors (Lipinski definition) is 10. The zero-order chi connectivity index (χ0) is 24.0. The molecule has 0 aliphatic carbocycles. The normalized spacial score (nSPS) is 20.1. The van der Waals surface area contributed by atoms with Crippen LogP contribution in [0.1, 0.15) is 19.8 Å². The Hall–Kier alpha value is -3.55. The molecular weight excluding hydrogens is 476 g/mol. The minimum atomic E-state index is -4.24. The molecule has 1 N–H and O–H groups in total. The van der Waals surface area contributed by atoms with Crippen molar-refractivity contribution in [1.29, 1.82) is 0 Å². The second-order valence-corrected chi connectivity index (χ2v) is 8.63. The van der Waals surface area contributed by atoms with Gasteiger partial charge in [0.15, 0.2) is 16.8 Å². The molecule has 2 fully saturated rings. The molecule has 2 atom stereocenters. The predicted octanol–water partition coefficient (Wildman–Crippen LogP) is 3.21. The van der Waals surface area contributed by atoms with Gasteiger partial charge in [-0.3, -0.25) is 4.90 Å². The molecule has 3 aromatic rings. The maximum atomic E-state index is 14.3. The van der Waals surface area contributed by atoms with E-state index < -0.39 is 18.2 Å². The number of hydrogen-bond donors (Lipinski definition) is 1. The average molecular weight is 495 g/mol. The highest BCUT2D eigenvalue weighted by Gasteiger charge is 2.46. The number of carbonyl (C=O) groups excluding carboxylic acids is 1. The second kappa shape index (κ2) is 8.34. The lowest BCUT2D eigenvalue weighted by Crippen LogP contribution is -2.55. The van der Waals surface area contributed by atoms with E-state index >= 15 is 0 Å². The van der Waals surface area contributed by atoms with Crippen LogP contribution < -0.4 is 9.64 Å². The lowest BCUT2D eigenvalue weighted by molar-refractivity contribution is -0.216. The molecule has 1 amide bonds. The fraction of sp³-hybridized carbons (Fsp3) is 0.450. The molecule has 4 heterocycles. The minimum Gasteiger partial charge on any atom is -0.465 e. The minimum absolute atomic E-state index is 0.0281. The topological polar surface area (TPSA) is 131 Å². The Morgan fingerprint density at radius 3 is 2.65 bits per heavy atom. The largest absolute Gasteiger partial charge is 0.502 e. The first-order valence-electron chi connectivity index (χ1n) is 10.5. The fourth-order valence-electron chi connectivity index (χ4n) is 4.42. The van der Waals surface area contributed by atoms with Crippen LogP contribution >= 0.6 is 11.5 Å². The number of ether oxygens (including phenoxy) is 2. The number of alkyl halides is 2. The summed E-state index contributed by atoms with van der Waals surface area (Å²) in [6.45, 7) is 1.87. The molecule has 180 valence electrons. The Bertz CT molecular complexity index is 1220. The summed E-state index contributed by atoms with van der Waals surface area (Å²) in [5.74, 6) is -2.19. The van der Waals surface area contributed by atoms with Gasteiger partial charge in [-0.2, -0.15) is 18.1 Å². The van der Waals surface area contributed by atoms with Crippen LogP contribution in [0.25, 0.3) is 21.7 Å². The second-order valence-electron chi connectivity index (χ2n) is 7.85.